The van der Waals surface area contributed by atoms with Crippen LogP contribution < -0.4 is 0 Å². The van der Waals surface area contributed by atoms with Crippen LogP contribution in [0.1, 0.15) is 19.3 Å². The molecule has 2 heteroatoms. The van der Waals surface area contributed by atoms with Crippen LogP contribution >= 0.6 is 0 Å². The first-order valence-corrected chi connectivity index (χ1v) is 4.27. The van der Waals surface area contributed by atoms with Crippen LogP contribution in [0.5, 0.6) is 0 Å². The van der Waals surface area contributed by atoms with Crippen LogP contribution in [0, 0.1) is 5.92 Å². The van der Waals surface area contributed by atoms with Crippen LogP contribution in [0.4, 0.5) is 0 Å². The van der Waals surface area contributed by atoms with Crippen LogP contribution in [0.3, 0.4) is 0 Å². The second-order valence-corrected chi connectivity index (χ2v) is 3.43. The number of piperidine rings is 1. The van der Waals surface area contributed by atoms with Crippen LogP contribution in [0.15, 0.2) is 12.3 Å². The summed E-state index contributed by atoms with van der Waals surface area (Å²) < 4.78 is 0. The maximum atomic E-state index is 11.5. The van der Waals surface area contributed by atoms with Crippen molar-refractivity contribution in [1.82, 2.24) is 4.90 Å². The summed E-state index contributed by atoms with van der Waals surface area (Å²) in [5.41, 5.74) is 0.763. The predicted molar refractivity (Wildman–Crippen MR) is 43.1 cm³/mol. The van der Waals surface area contributed by atoms with Gasteiger partial charge in [-0.15, -0.1) is 0 Å². The first kappa shape index (κ1) is 6.89. The molecule has 3 fully saturated rings. The van der Waals surface area contributed by atoms with Crippen molar-refractivity contribution in [3.05, 3.63) is 12.3 Å². The standard InChI is InChI=1S/C9H13NO/c1-7-9(11)8-3-2-5-10(7)6-4-8/h8H,1-6H2. The average molecular weight is 151 g/mol. The summed E-state index contributed by atoms with van der Waals surface area (Å²) in [6, 6.07) is 0. The van der Waals surface area contributed by atoms with Gasteiger partial charge in [-0.3, -0.25) is 4.79 Å². The van der Waals surface area contributed by atoms with E-state index < -0.39 is 0 Å². The summed E-state index contributed by atoms with van der Waals surface area (Å²) in [5.74, 6) is 0.606. The summed E-state index contributed by atoms with van der Waals surface area (Å²) in [5, 5.41) is 0. The quantitative estimate of drug-likeness (QED) is 0.485. The molecule has 3 aliphatic heterocycles. The van der Waals surface area contributed by atoms with Crippen LogP contribution in [0.2, 0.25) is 0 Å². The minimum atomic E-state index is 0.300. The van der Waals surface area contributed by atoms with E-state index in [1.54, 1.807) is 0 Å². The number of Topliss-reactive ketones (excluding diaryl/α,β-unsaturated/α-hetero) is 1. The molecule has 0 radical (unpaired) electrons. The Kier molecular flexibility index (Phi) is 1.48. The van der Waals surface area contributed by atoms with Crippen molar-refractivity contribution in [3.8, 4) is 0 Å². The molecule has 0 aromatic heterocycles. The number of ketones is 1. The molecule has 3 saturated heterocycles. The van der Waals surface area contributed by atoms with E-state index in [2.05, 4.69) is 11.5 Å². The Bertz CT molecular complexity index is 184. The molecule has 0 N–H and O–H groups in total. The van der Waals surface area contributed by atoms with Crippen LogP contribution in [0.25, 0.3) is 0 Å². The molecular formula is C9H13NO. The molecule has 3 heterocycles. The predicted octanol–water partition coefficient (Wildman–Crippen LogP) is 1.18. The van der Waals surface area contributed by atoms with Gasteiger partial charge in [-0.05, 0) is 19.3 Å². The van der Waals surface area contributed by atoms with Crippen molar-refractivity contribution in [2.24, 2.45) is 5.92 Å². The Labute approximate surface area is 66.9 Å². The summed E-state index contributed by atoms with van der Waals surface area (Å²) in [6.45, 7) is 5.91. The smallest absolute Gasteiger partial charge is 0.181 e. The minimum absolute atomic E-state index is 0.300. The zero-order valence-electron chi connectivity index (χ0n) is 6.68. The fraction of sp³-hybridized carbons (Fsp3) is 0.667. The number of fused-ring (bicyclic) bond motifs is 4. The maximum absolute atomic E-state index is 11.5. The SMILES string of the molecule is C=C1C(=O)C2CCCN1CC2. The second kappa shape index (κ2) is 2.36. The van der Waals surface area contributed by atoms with E-state index in [0.29, 0.717) is 11.7 Å². The van der Waals surface area contributed by atoms with E-state index in [1.165, 1.54) is 0 Å². The maximum Gasteiger partial charge on any atom is 0.181 e. The lowest BCUT2D eigenvalue weighted by atomic mass is 9.92. The highest BCUT2D eigenvalue weighted by Crippen LogP contribution is 2.29. The molecule has 0 spiro atoms. The summed E-state index contributed by atoms with van der Waals surface area (Å²) >= 11 is 0. The topological polar surface area (TPSA) is 20.3 Å². The zero-order valence-corrected chi connectivity index (χ0v) is 6.68. The molecule has 3 rings (SSSR count). The zero-order chi connectivity index (χ0) is 7.84. The number of hydrogen-bond donors (Lipinski definition) is 0. The van der Waals surface area contributed by atoms with Gasteiger partial charge in [0.2, 0.25) is 0 Å². The normalized spacial score (nSPS) is 30.9. The van der Waals surface area contributed by atoms with Crippen molar-refractivity contribution >= 4 is 5.78 Å². The highest BCUT2D eigenvalue weighted by atomic mass is 16.1. The number of carbonyl (C=O) groups excluding carboxylic acids is 1. The largest absolute Gasteiger partial charge is 0.369 e. The van der Waals surface area contributed by atoms with Crippen molar-refractivity contribution in [2.75, 3.05) is 13.1 Å². The van der Waals surface area contributed by atoms with E-state index in [4.69, 9.17) is 0 Å². The van der Waals surface area contributed by atoms with Gasteiger partial charge < -0.3 is 4.90 Å². The average Bonchev–Trinajstić information content (AvgIpc) is 2.30. The number of nitrogens with zero attached hydrogens (tertiary/aromatic N) is 1. The molecule has 1 atom stereocenters. The number of hydrogen-bond acceptors (Lipinski definition) is 2. The van der Waals surface area contributed by atoms with Crippen LogP contribution in [-0.2, 0) is 4.79 Å². The molecule has 0 aromatic rings. The van der Waals surface area contributed by atoms with Gasteiger partial charge in [0.25, 0.3) is 0 Å². The highest BCUT2D eigenvalue weighted by Gasteiger charge is 2.32. The fourth-order valence-corrected chi connectivity index (χ4v) is 2.02. The van der Waals surface area contributed by atoms with Gasteiger partial charge in [0, 0.05) is 19.0 Å². The van der Waals surface area contributed by atoms with E-state index in [0.717, 1.165) is 38.0 Å². The summed E-state index contributed by atoms with van der Waals surface area (Å²) in [4.78, 5) is 13.6. The van der Waals surface area contributed by atoms with Gasteiger partial charge in [0.1, 0.15) is 0 Å². The molecule has 3 aliphatic rings. The van der Waals surface area contributed by atoms with E-state index in [1.807, 2.05) is 0 Å². The third-order valence-corrected chi connectivity index (χ3v) is 2.77. The Balaban J connectivity index is 2.28. The third-order valence-electron chi connectivity index (χ3n) is 2.77. The molecule has 0 saturated carbocycles. The van der Waals surface area contributed by atoms with E-state index in [9.17, 15) is 4.79 Å². The minimum Gasteiger partial charge on any atom is -0.369 e. The Morgan fingerprint density at radius 3 is 3.00 bits per heavy atom. The lowest BCUT2D eigenvalue weighted by Crippen LogP contribution is -2.34. The molecule has 2 bridgehead atoms. The van der Waals surface area contributed by atoms with Crippen molar-refractivity contribution in [1.29, 1.82) is 0 Å². The lowest BCUT2D eigenvalue weighted by Gasteiger charge is -2.29. The number of allylic oxidation sites excluding steroid dienone is 1. The Hall–Kier alpha value is -0.790. The van der Waals surface area contributed by atoms with Gasteiger partial charge in [0.15, 0.2) is 5.78 Å². The second-order valence-electron chi connectivity index (χ2n) is 3.43. The summed E-state index contributed by atoms with van der Waals surface area (Å²) in [7, 11) is 0. The van der Waals surface area contributed by atoms with E-state index >= 15 is 0 Å². The molecule has 0 aromatic carbocycles. The summed E-state index contributed by atoms with van der Waals surface area (Å²) in [6.07, 6.45) is 3.29. The van der Waals surface area contributed by atoms with Gasteiger partial charge in [0.05, 0.1) is 5.70 Å². The first-order chi connectivity index (χ1) is 5.29. The van der Waals surface area contributed by atoms with E-state index in [-0.39, 0.29) is 0 Å². The molecule has 60 valence electrons. The van der Waals surface area contributed by atoms with Crippen molar-refractivity contribution in [3.63, 3.8) is 0 Å². The molecule has 1 unspecified atom stereocenters. The molecule has 11 heavy (non-hydrogen) atoms. The number of rotatable bonds is 0. The van der Waals surface area contributed by atoms with Crippen molar-refractivity contribution in [2.45, 2.75) is 19.3 Å². The Morgan fingerprint density at radius 2 is 2.18 bits per heavy atom. The van der Waals surface area contributed by atoms with Gasteiger partial charge in [-0.1, -0.05) is 6.58 Å². The molecule has 2 nitrogen and oxygen atoms in total. The van der Waals surface area contributed by atoms with Crippen molar-refractivity contribution < 1.29 is 4.79 Å². The third kappa shape index (κ3) is 0.971. The Morgan fingerprint density at radius 1 is 1.36 bits per heavy atom. The van der Waals surface area contributed by atoms with Crippen LogP contribution in [-0.4, -0.2) is 23.8 Å². The monoisotopic (exact) mass is 151 g/mol. The fourth-order valence-electron chi connectivity index (χ4n) is 2.02. The molecule has 0 aliphatic carbocycles. The lowest BCUT2D eigenvalue weighted by molar-refractivity contribution is -0.122. The molecule has 0 amide bonds. The molecular weight excluding hydrogens is 138 g/mol. The number of carbonyl (C=O) groups is 1. The first-order valence-electron chi connectivity index (χ1n) is 4.27. The van der Waals surface area contributed by atoms with Gasteiger partial charge in [-0.2, -0.15) is 0 Å². The van der Waals surface area contributed by atoms with Gasteiger partial charge in [-0.25, -0.2) is 0 Å². The van der Waals surface area contributed by atoms with Gasteiger partial charge >= 0.3 is 0 Å². The highest BCUT2D eigenvalue weighted by molar-refractivity contribution is 5.96.